The first kappa shape index (κ1) is 14.2. The van der Waals surface area contributed by atoms with Gasteiger partial charge in [-0.3, -0.25) is 9.78 Å². The Bertz CT molecular complexity index is 743. The van der Waals surface area contributed by atoms with Gasteiger partial charge in [0.15, 0.2) is 5.13 Å². The summed E-state index contributed by atoms with van der Waals surface area (Å²) in [6.07, 6.45) is 3.25. The lowest BCUT2D eigenvalue weighted by atomic mass is 10.2. The molecule has 0 spiro atoms. The quantitative estimate of drug-likeness (QED) is 0.758. The molecule has 5 nitrogen and oxygen atoms in total. The van der Waals surface area contributed by atoms with E-state index in [2.05, 4.69) is 20.6 Å². The van der Waals surface area contributed by atoms with E-state index in [9.17, 15) is 4.79 Å². The fraction of sp³-hybridized carbons (Fsp3) is 0.0625. The van der Waals surface area contributed by atoms with Crippen molar-refractivity contribution in [3.63, 3.8) is 0 Å². The molecule has 0 bridgehead atoms. The zero-order chi connectivity index (χ0) is 15.2. The number of amides is 1. The van der Waals surface area contributed by atoms with Crippen molar-refractivity contribution in [1.29, 1.82) is 0 Å². The smallest absolute Gasteiger partial charge is 0.275 e. The second-order valence-corrected chi connectivity index (χ2v) is 5.43. The highest BCUT2D eigenvalue weighted by Crippen LogP contribution is 2.17. The highest BCUT2D eigenvalue weighted by atomic mass is 32.1. The van der Waals surface area contributed by atoms with Crippen molar-refractivity contribution in [3.05, 3.63) is 71.5 Å². The largest absolute Gasteiger partial charge is 0.357 e. The Hall–Kier alpha value is -2.73. The molecule has 2 aromatic heterocycles. The average Bonchev–Trinajstić information content (AvgIpc) is 3.04. The fourth-order valence-corrected chi connectivity index (χ4v) is 2.55. The molecule has 0 aliphatic carbocycles. The van der Waals surface area contributed by atoms with Gasteiger partial charge in [0, 0.05) is 18.1 Å². The standard InChI is InChI=1S/C16H14N4OS/c21-15(19-13-7-4-8-17-10-13)14-11-22-16(20-14)18-9-12-5-2-1-3-6-12/h1-8,10-11H,9H2,(H,18,20)(H,19,21). The van der Waals surface area contributed by atoms with Gasteiger partial charge >= 0.3 is 0 Å². The van der Waals surface area contributed by atoms with Crippen molar-refractivity contribution >= 4 is 28.1 Å². The van der Waals surface area contributed by atoms with E-state index in [1.807, 2.05) is 30.3 Å². The molecule has 22 heavy (non-hydrogen) atoms. The Morgan fingerprint density at radius 1 is 1.14 bits per heavy atom. The zero-order valence-electron chi connectivity index (χ0n) is 11.7. The minimum atomic E-state index is -0.239. The first-order chi connectivity index (χ1) is 10.8. The number of nitrogens with one attached hydrogen (secondary N) is 2. The second-order valence-electron chi connectivity index (χ2n) is 4.57. The maximum Gasteiger partial charge on any atom is 0.275 e. The summed E-state index contributed by atoms with van der Waals surface area (Å²) >= 11 is 1.41. The van der Waals surface area contributed by atoms with Gasteiger partial charge in [-0.25, -0.2) is 4.98 Å². The normalized spacial score (nSPS) is 10.2. The molecule has 2 heterocycles. The molecule has 6 heteroatoms. The first-order valence-electron chi connectivity index (χ1n) is 6.76. The number of carbonyl (C=O) groups excluding carboxylic acids is 1. The molecule has 0 atom stereocenters. The lowest BCUT2D eigenvalue weighted by molar-refractivity contribution is 0.102. The number of nitrogens with zero attached hydrogens (tertiary/aromatic N) is 2. The van der Waals surface area contributed by atoms with Crippen LogP contribution in [0.25, 0.3) is 0 Å². The molecule has 0 radical (unpaired) electrons. The molecule has 0 fully saturated rings. The van der Waals surface area contributed by atoms with Gasteiger partial charge in [-0.15, -0.1) is 11.3 Å². The third kappa shape index (κ3) is 3.67. The molecule has 0 unspecified atom stereocenters. The number of rotatable bonds is 5. The molecule has 1 aromatic carbocycles. The summed E-state index contributed by atoms with van der Waals surface area (Å²) < 4.78 is 0. The van der Waals surface area contributed by atoms with E-state index in [1.165, 1.54) is 16.9 Å². The van der Waals surface area contributed by atoms with Gasteiger partial charge in [0.1, 0.15) is 5.69 Å². The molecule has 2 N–H and O–H groups in total. The minimum Gasteiger partial charge on any atom is -0.357 e. The molecule has 0 saturated heterocycles. The topological polar surface area (TPSA) is 66.9 Å². The van der Waals surface area contributed by atoms with Crippen LogP contribution in [0.5, 0.6) is 0 Å². The van der Waals surface area contributed by atoms with E-state index in [1.54, 1.807) is 29.9 Å². The van der Waals surface area contributed by atoms with Gasteiger partial charge in [0.05, 0.1) is 11.9 Å². The van der Waals surface area contributed by atoms with Crippen molar-refractivity contribution in [1.82, 2.24) is 9.97 Å². The number of hydrogen-bond acceptors (Lipinski definition) is 5. The highest BCUT2D eigenvalue weighted by molar-refractivity contribution is 7.13. The number of carbonyl (C=O) groups is 1. The van der Waals surface area contributed by atoms with Gasteiger partial charge in [-0.1, -0.05) is 30.3 Å². The van der Waals surface area contributed by atoms with Crippen molar-refractivity contribution in [2.45, 2.75) is 6.54 Å². The molecule has 3 rings (SSSR count). The zero-order valence-corrected chi connectivity index (χ0v) is 12.5. The third-order valence-electron chi connectivity index (χ3n) is 2.94. The number of aromatic nitrogens is 2. The van der Waals surface area contributed by atoms with Crippen LogP contribution in [-0.2, 0) is 6.54 Å². The Labute approximate surface area is 132 Å². The molecule has 0 aliphatic rings. The number of benzene rings is 1. The Balaban J connectivity index is 1.60. The van der Waals surface area contributed by atoms with Crippen LogP contribution in [0.2, 0.25) is 0 Å². The first-order valence-corrected chi connectivity index (χ1v) is 7.64. The molecule has 110 valence electrons. The predicted octanol–water partition coefficient (Wildman–Crippen LogP) is 3.40. The summed E-state index contributed by atoms with van der Waals surface area (Å²) in [5.74, 6) is -0.239. The summed E-state index contributed by atoms with van der Waals surface area (Å²) in [5, 5.41) is 8.43. The number of anilines is 2. The van der Waals surface area contributed by atoms with Gasteiger partial charge in [-0.05, 0) is 17.7 Å². The monoisotopic (exact) mass is 310 g/mol. The summed E-state index contributed by atoms with van der Waals surface area (Å²) in [4.78, 5) is 20.3. The molecule has 3 aromatic rings. The van der Waals surface area contributed by atoms with Gasteiger partial charge < -0.3 is 10.6 Å². The average molecular weight is 310 g/mol. The number of thiazole rings is 1. The van der Waals surface area contributed by atoms with Gasteiger partial charge in [-0.2, -0.15) is 0 Å². The maximum absolute atomic E-state index is 12.1. The van der Waals surface area contributed by atoms with Crippen LogP contribution < -0.4 is 10.6 Å². The summed E-state index contributed by atoms with van der Waals surface area (Å²) in [6, 6.07) is 13.6. The highest BCUT2D eigenvalue weighted by Gasteiger charge is 2.11. The molecular weight excluding hydrogens is 296 g/mol. The van der Waals surface area contributed by atoms with Crippen molar-refractivity contribution < 1.29 is 4.79 Å². The fourth-order valence-electron chi connectivity index (χ4n) is 1.86. The Kier molecular flexibility index (Phi) is 4.41. The van der Waals surface area contributed by atoms with E-state index in [-0.39, 0.29) is 5.91 Å². The van der Waals surface area contributed by atoms with Crippen molar-refractivity contribution in [2.24, 2.45) is 0 Å². The van der Waals surface area contributed by atoms with Crippen LogP contribution in [0.3, 0.4) is 0 Å². The van der Waals surface area contributed by atoms with Crippen LogP contribution in [0.15, 0.2) is 60.2 Å². The predicted molar refractivity (Wildman–Crippen MR) is 88.1 cm³/mol. The lowest BCUT2D eigenvalue weighted by Crippen LogP contribution is -2.12. The minimum absolute atomic E-state index is 0.239. The summed E-state index contributed by atoms with van der Waals surface area (Å²) in [7, 11) is 0. The molecule has 0 saturated carbocycles. The van der Waals surface area contributed by atoms with Gasteiger partial charge in [0.25, 0.3) is 5.91 Å². The Morgan fingerprint density at radius 2 is 2.00 bits per heavy atom. The van der Waals surface area contributed by atoms with Crippen LogP contribution >= 0.6 is 11.3 Å². The van der Waals surface area contributed by atoms with E-state index in [0.29, 0.717) is 17.9 Å². The molecule has 1 amide bonds. The summed E-state index contributed by atoms with van der Waals surface area (Å²) in [5.41, 5.74) is 2.21. The molecule has 0 aliphatic heterocycles. The van der Waals surface area contributed by atoms with E-state index in [4.69, 9.17) is 0 Å². The van der Waals surface area contributed by atoms with Crippen LogP contribution in [-0.4, -0.2) is 15.9 Å². The van der Waals surface area contributed by atoms with Crippen LogP contribution in [0, 0.1) is 0 Å². The van der Waals surface area contributed by atoms with E-state index >= 15 is 0 Å². The lowest BCUT2D eigenvalue weighted by Gasteiger charge is -2.03. The Morgan fingerprint density at radius 3 is 2.77 bits per heavy atom. The number of hydrogen-bond donors (Lipinski definition) is 2. The van der Waals surface area contributed by atoms with Crippen LogP contribution in [0.4, 0.5) is 10.8 Å². The second kappa shape index (κ2) is 6.82. The number of pyridine rings is 1. The maximum atomic E-state index is 12.1. The van der Waals surface area contributed by atoms with Gasteiger partial charge in [0.2, 0.25) is 0 Å². The van der Waals surface area contributed by atoms with Crippen LogP contribution in [0.1, 0.15) is 16.1 Å². The van der Waals surface area contributed by atoms with E-state index in [0.717, 1.165) is 5.13 Å². The molecular formula is C16H14N4OS. The summed E-state index contributed by atoms with van der Waals surface area (Å²) in [6.45, 7) is 0.679. The third-order valence-corrected chi connectivity index (χ3v) is 3.74. The van der Waals surface area contributed by atoms with E-state index < -0.39 is 0 Å². The SMILES string of the molecule is O=C(Nc1cccnc1)c1csc(NCc2ccccc2)n1. The van der Waals surface area contributed by atoms with Crippen molar-refractivity contribution in [3.8, 4) is 0 Å². The van der Waals surface area contributed by atoms with Crippen molar-refractivity contribution in [2.75, 3.05) is 10.6 Å².